The Morgan fingerprint density at radius 2 is 1.89 bits per heavy atom. The van der Waals surface area contributed by atoms with Crippen LogP contribution < -0.4 is 5.32 Å². The molecule has 0 heterocycles. The number of amides is 2. The number of nitrogens with zero attached hydrogens (tertiary/aromatic N) is 1. The summed E-state index contributed by atoms with van der Waals surface area (Å²) in [5.74, 6) is 0. The van der Waals surface area contributed by atoms with Gasteiger partial charge >= 0.3 is 6.03 Å². The van der Waals surface area contributed by atoms with Crippen LogP contribution in [-0.2, 0) is 6.54 Å². The Morgan fingerprint density at radius 3 is 2.58 bits per heavy atom. The predicted molar refractivity (Wildman–Crippen MR) is 78.4 cm³/mol. The number of anilines is 1. The van der Waals surface area contributed by atoms with Gasteiger partial charge in [0.05, 0.1) is 0 Å². The van der Waals surface area contributed by atoms with Crippen molar-refractivity contribution >= 4 is 23.3 Å². The molecular weight excluding hydrogens is 260 g/mol. The maximum absolute atomic E-state index is 12.0. The number of benzene rings is 2. The zero-order valence-electron chi connectivity index (χ0n) is 10.6. The highest BCUT2D eigenvalue weighted by molar-refractivity contribution is 6.30. The van der Waals surface area contributed by atoms with Gasteiger partial charge in [-0.2, -0.15) is 0 Å². The van der Waals surface area contributed by atoms with Crippen LogP contribution in [0.4, 0.5) is 10.5 Å². The number of carbonyl (C=O) groups excluding carboxylic acids is 1. The predicted octanol–water partition coefficient (Wildman–Crippen LogP) is 4.00. The van der Waals surface area contributed by atoms with E-state index in [2.05, 4.69) is 5.32 Å². The highest BCUT2D eigenvalue weighted by Gasteiger charge is 2.09. The highest BCUT2D eigenvalue weighted by atomic mass is 35.5. The van der Waals surface area contributed by atoms with Gasteiger partial charge in [-0.1, -0.05) is 41.9 Å². The quantitative estimate of drug-likeness (QED) is 0.901. The minimum atomic E-state index is -0.147. The summed E-state index contributed by atoms with van der Waals surface area (Å²) in [6.07, 6.45) is 0. The van der Waals surface area contributed by atoms with Crippen molar-refractivity contribution in [2.24, 2.45) is 0 Å². The molecule has 0 aliphatic carbocycles. The fourth-order valence-corrected chi connectivity index (χ4v) is 1.93. The first-order valence-corrected chi connectivity index (χ1v) is 6.34. The Morgan fingerprint density at radius 1 is 1.16 bits per heavy atom. The second-order valence-electron chi connectivity index (χ2n) is 4.28. The molecule has 0 fully saturated rings. The van der Waals surface area contributed by atoms with Gasteiger partial charge in [0.25, 0.3) is 0 Å². The number of halogens is 1. The van der Waals surface area contributed by atoms with Crippen LogP contribution in [0.2, 0.25) is 5.02 Å². The minimum absolute atomic E-state index is 0.147. The van der Waals surface area contributed by atoms with Crippen LogP contribution in [0.5, 0.6) is 0 Å². The lowest BCUT2D eigenvalue weighted by atomic mass is 10.2. The number of hydrogen-bond donors (Lipinski definition) is 1. The monoisotopic (exact) mass is 274 g/mol. The maximum Gasteiger partial charge on any atom is 0.321 e. The van der Waals surface area contributed by atoms with Gasteiger partial charge < -0.3 is 10.2 Å². The molecule has 0 aliphatic heterocycles. The van der Waals surface area contributed by atoms with E-state index in [9.17, 15) is 4.79 Å². The average Bonchev–Trinajstić information content (AvgIpc) is 2.40. The van der Waals surface area contributed by atoms with Gasteiger partial charge in [0, 0.05) is 24.3 Å². The first-order valence-electron chi connectivity index (χ1n) is 5.97. The molecule has 3 nitrogen and oxygen atoms in total. The van der Waals surface area contributed by atoms with Gasteiger partial charge in [0.1, 0.15) is 0 Å². The molecule has 0 saturated heterocycles. The Kier molecular flexibility index (Phi) is 4.42. The topological polar surface area (TPSA) is 32.3 Å². The van der Waals surface area contributed by atoms with Crippen molar-refractivity contribution in [1.82, 2.24) is 4.90 Å². The number of para-hydroxylation sites is 1. The van der Waals surface area contributed by atoms with Gasteiger partial charge in [0.2, 0.25) is 0 Å². The molecule has 0 saturated carbocycles. The second kappa shape index (κ2) is 6.25. The molecule has 0 atom stereocenters. The van der Waals surface area contributed by atoms with Gasteiger partial charge in [0.15, 0.2) is 0 Å². The Balaban J connectivity index is 1.96. The summed E-state index contributed by atoms with van der Waals surface area (Å²) < 4.78 is 0. The van der Waals surface area contributed by atoms with Crippen molar-refractivity contribution in [3.63, 3.8) is 0 Å². The molecule has 0 aliphatic rings. The molecule has 1 N–H and O–H groups in total. The van der Waals surface area contributed by atoms with Gasteiger partial charge in [-0.15, -0.1) is 0 Å². The zero-order valence-corrected chi connectivity index (χ0v) is 11.4. The second-order valence-corrected chi connectivity index (χ2v) is 4.72. The Hall–Kier alpha value is -2.00. The smallest absolute Gasteiger partial charge is 0.321 e. The molecule has 2 aromatic rings. The number of urea groups is 1. The largest absolute Gasteiger partial charge is 0.323 e. The van der Waals surface area contributed by atoms with Crippen molar-refractivity contribution in [3.8, 4) is 0 Å². The average molecular weight is 275 g/mol. The molecule has 19 heavy (non-hydrogen) atoms. The van der Waals surface area contributed by atoms with Crippen LogP contribution >= 0.6 is 11.6 Å². The molecule has 0 unspecified atom stereocenters. The number of rotatable bonds is 3. The van der Waals surface area contributed by atoms with Gasteiger partial charge in [-0.05, 0) is 29.8 Å². The third-order valence-corrected chi connectivity index (χ3v) is 2.92. The van der Waals surface area contributed by atoms with E-state index in [1.165, 1.54) is 0 Å². The van der Waals surface area contributed by atoms with Crippen molar-refractivity contribution < 1.29 is 4.79 Å². The lowest BCUT2D eigenvalue weighted by Crippen LogP contribution is -2.30. The molecule has 98 valence electrons. The van der Waals surface area contributed by atoms with E-state index < -0.39 is 0 Å². The lowest BCUT2D eigenvalue weighted by molar-refractivity contribution is 0.220. The lowest BCUT2D eigenvalue weighted by Gasteiger charge is -2.18. The van der Waals surface area contributed by atoms with E-state index in [0.29, 0.717) is 11.6 Å². The van der Waals surface area contributed by atoms with Crippen molar-refractivity contribution in [2.45, 2.75) is 6.54 Å². The summed E-state index contributed by atoms with van der Waals surface area (Å²) in [6, 6.07) is 16.7. The summed E-state index contributed by atoms with van der Waals surface area (Å²) >= 11 is 5.92. The third-order valence-electron chi connectivity index (χ3n) is 2.68. The molecule has 0 aromatic heterocycles. The SMILES string of the molecule is CN(Cc1cccc(Cl)c1)C(=O)Nc1ccccc1. The van der Waals surface area contributed by atoms with Crippen LogP contribution in [0.15, 0.2) is 54.6 Å². The summed E-state index contributed by atoms with van der Waals surface area (Å²) in [5, 5.41) is 3.51. The van der Waals surface area contributed by atoms with Crippen molar-refractivity contribution in [3.05, 3.63) is 65.2 Å². The van der Waals surface area contributed by atoms with Crippen LogP contribution in [0.3, 0.4) is 0 Å². The van der Waals surface area contributed by atoms with E-state index >= 15 is 0 Å². The van der Waals surface area contributed by atoms with E-state index in [4.69, 9.17) is 11.6 Å². The molecule has 0 bridgehead atoms. The van der Waals surface area contributed by atoms with E-state index in [1.807, 2.05) is 54.6 Å². The molecule has 4 heteroatoms. The summed E-state index contributed by atoms with van der Waals surface area (Å²) in [4.78, 5) is 13.6. The molecule has 2 amide bonds. The highest BCUT2D eigenvalue weighted by Crippen LogP contribution is 2.13. The molecule has 0 radical (unpaired) electrons. The van der Waals surface area contributed by atoms with E-state index in [0.717, 1.165) is 11.3 Å². The van der Waals surface area contributed by atoms with Gasteiger partial charge in [-0.3, -0.25) is 0 Å². The van der Waals surface area contributed by atoms with Crippen LogP contribution in [-0.4, -0.2) is 18.0 Å². The number of carbonyl (C=O) groups is 1. The fraction of sp³-hybridized carbons (Fsp3) is 0.133. The minimum Gasteiger partial charge on any atom is -0.323 e. The normalized spacial score (nSPS) is 10.0. The molecular formula is C15H15ClN2O. The zero-order chi connectivity index (χ0) is 13.7. The molecule has 0 spiro atoms. The third kappa shape index (κ3) is 4.00. The standard InChI is InChI=1S/C15H15ClN2O/c1-18(11-12-6-5-7-13(16)10-12)15(19)17-14-8-3-2-4-9-14/h2-10H,11H2,1H3,(H,17,19). The summed E-state index contributed by atoms with van der Waals surface area (Å²) in [5.41, 5.74) is 1.78. The van der Waals surface area contributed by atoms with Crippen molar-refractivity contribution in [1.29, 1.82) is 0 Å². The Labute approximate surface area is 117 Å². The Bertz CT molecular complexity index is 557. The van der Waals surface area contributed by atoms with E-state index in [-0.39, 0.29) is 6.03 Å². The van der Waals surface area contributed by atoms with Crippen LogP contribution in [0, 0.1) is 0 Å². The number of hydrogen-bond acceptors (Lipinski definition) is 1. The summed E-state index contributed by atoms with van der Waals surface area (Å²) in [6.45, 7) is 0.513. The van der Waals surface area contributed by atoms with Crippen LogP contribution in [0.1, 0.15) is 5.56 Å². The number of nitrogens with one attached hydrogen (secondary N) is 1. The fourth-order valence-electron chi connectivity index (χ4n) is 1.72. The van der Waals surface area contributed by atoms with Crippen molar-refractivity contribution in [2.75, 3.05) is 12.4 Å². The van der Waals surface area contributed by atoms with E-state index in [1.54, 1.807) is 11.9 Å². The summed E-state index contributed by atoms with van der Waals surface area (Å²) in [7, 11) is 1.75. The molecule has 2 aromatic carbocycles. The first kappa shape index (κ1) is 13.4. The first-order chi connectivity index (χ1) is 9.15. The van der Waals surface area contributed by atoms with Gasteiger partial charge in [-0.25, -0.2) is 4.79 Å². The maximum atomic E-state index is 12.0. The molecule has 2 rings (SSSR count). The van der Waals surface area contributed by atoms with Crippen LogP contribution in [0.25, 0.3) is 0 Å².